The van der Waals surface area contributed by atoms with Crippen LogP contribution in [-0.4, -0.2) is 65.3 Å². The van der Waals surface area contributed by atoms with Gasteiger partial charge in [-0.1, -0.05) is 24.2 Å². The van der Waals surface area contributed by atoms with Crippen molar-refractivity contribution < 1.29 is 61.2 Å². The number of nitrogens with zero attached hydrogens (tertiary/aromatic N) is 2. The fourth-order valence-corrected chi connectivity index (χ4v) is 4.68. The monoisotopic (exact) mass is 662 g/mol. The minimum atomic E-state index is -5.00. The minimum absolute atomic E-state index is 0.0600. The molecule has 0 amide bonds. The molecule has 0 atom stereocenters. The third-order valence-electron chi connectivity index (χ3n) is 5.01. The summed E-state index contributed by atoms with van der Waals surface area (Å²) in [5.74, 6) is -0.618. The Hall–Kier alpha value is -3.54. The Labute approximate surface area is 244 Å². The maximum atomic E-state index is 13.4. The summed E-state index contributed by atoms with van der Waals surface area (Å²) in [7, 11) is -8.52. The SMILES string of the molecule is CCCS(=O)(=O)O/N=C(/c1ccc(OCCCOc2ccc(/C(=N/OS(=O)(=O)CCC)C(F)(F)F)cc2)cc1)C(F)(F)F. The van der Waals surface area contributed by atoms with Gasteiger partial charge in [0.2, 0.25) is 0 Å². The first-order chi connectivity index (χ1) is 20.0. The van der Waals surface area contributed by atoms with Crippen molar-refractivity contribution in [1.82, 2.24) is 0 Å². The molecule has 2 aromatic carbocycles. The third kappa shape index (κ3) is 12.3. The van der Waals surface area contributed by atoms with Gasteiger partial charge in [-0.05, 0) is 61.4 Å². The van der Waals surface area contributed by atoms with Gasteiger partial charge in [-0.25, -0.2) is 0 Å². The van der Waals surface area contributed by atoms with Crippen molar-refractivity contribution in [1.29, 1.82) is 0 Å². The number of hydrogen-bond donors (Lipinski definition) is 0. The van der Waals surface area contributed by atoms with E-state index in [0.717, 1.165) is 24.3 Å². The van der Waals surface area contributed by atoms with Gasteiger partial charge in [0.05, 0.1) is 24.7 Å². The fourth-order valence-electron chi connectivity index (χ4n) is 3.16. The minimum Gasteiger partial charge on any atom is -0.493 e. The van der Waals surface area contributed by atoms with Crippen molar-refractivity contribution in [2.75, 3.05) is 24.7 Å². The second-order valence-electron chi connectivity index (χ2n) is 8.65. The molecule has 18 heteroatoms. The van der Waals surface area contributed by atoms with E-state index in [1.807, 2.05) is 0 Å². The lowest BCUT2D eigenvalue weighted by atomic mass is 10.1. The van der Waals surface area contributed by atoms with Gasteiger partial charge >= 0.3 is 32.6 Å². The highest BCUT2D eigenvalue weighted by molar-refractivity contribution is 7.86. The van der Waals surface area contributed by atoms with Crippen molar-refractivity contribution in [2.24, 2.45) is 10.3 Å². The summed E-state index contributed by atoms with van der Waals surface area (Å²) in [6, 6.07) is 8.97. The first kappa shape index (κ1) is 35.7. The quantitative estimate of drug-likeness (QED) is 0.0986. The zero-order valence-electron chi connectivity index (χ0n) is 22.8. The lowest BCUT2D eigenvalue weighted by Crippen LogP contribution is -2.25. The van der Waals surface area contributed by atoms with Gasteiger partial charge in [-0.2, -0.15) is 43.2 Å². The molecule has 0 saturated heterocycles. The van der Waals surface area contributed by atoms with E-state index in [0.29, 0.717) is 0 Å². The molecule has 0 radical (unpaired) electrons. The number of alkyl halides is 6. The summed E-state index contributed by atoms with van der Waals surface area (Å²) >= 11 is 0. The first-order valence-electron chi connectivity index (χ1n) is 12.6. The molecular formula is C25H28F6N2O8S2. The van der Waals surface area contributed by atoms with Crippen LogP contribution >= 0.6 is 0 Å². The number of benzene rings is 2. The highest BCUT2D eigenvalue weighted by atomic mass is 32.2. The van der Waals surface area contributed by atoms with E-state index in [1.54, 1.807) is 0 Å². The molecule has 0 aliphatic heterocycles. The Morgan fingerprint density at radius 1 is 0.628 bits per heavy atom. The molecule has 43 heavy (non-hydrogen) atoms. The van der Waals surface area contributed by atoms with E-state index >= 15 is 0 Å². The van der Waals surface area contributed by atoms with E-state index in [9.17, 15) is 43.2 Å². The van der Waals surface area contributed by atoms with Crippen LogP contribution in [0.2, 0.25) is 0 Å². The van der Waals surface area contributed by atoms with Crippen LogP contribution in [0, 0.1) is 0 Å². The van der Waals surface area contributed by atoms with E-state index < -0.39 is 66.6 Å². The number of oxime groups is 2. The number of halogens is 6. The number of hydrogen-bond acceptors (Lipinski definition) is 10. The van der Waals surface area contributed by atoms with Gasteiger partial charge in [0.25, 0.3) is 0 Å². The van der Waals surface area contributed by atoms with Crippen LogP contribution in [0.3, 0.4) is 0 Å². The van der Waals surface area contributed by atoms with E-state index in [1.165, 1.54) is 38.1 Å². The molecule has 0 aliphatic rings. The molecule has 0 bridgehead atoms. The van der Waals surface area contributed by atoms with Gasteiger partial charge in [0, 0.05) is 17.5 Å². The Kier molecular flexibility index (Phi) is 12.7. The predicted molar refractivity (Wildman–Crippen MR) is 144 cm³/mol. The van der Waals surface area contributed by atoms with Crippen molar-refractivity contribution >= 4 is 31.7 Å². The van der Waals surface area contributed by atoms with E-state index in [-0.39, 0.29) is 44.0 Å². The smallest absolute Gasteiger partial charge is 0.437 e. The van der Waals surface area contributed by atoms with Crippen LogP contribution in [0.5, 0.6) is 11.5 Å². The van der Waals surface area contributed by atoms with Gasteiger partial charge < -0.3 is 9.47 Å². The molecular weight excluding hydrogens is 634 g/mol. The maximum Gasteiger partial charge on any atom is 0.437 e. The van der Waals surface area contributed by atoms with Crippen molar-refractivity contribution in [3.63, 3.8) is 0 Å². The average molecular weight is 663 g/mol. The van der Waals surface area contributed by atoms with Crippen LogP contribution in [0.15, 0.2) is 58.8 Å². The standard InChI is InChI=1S/C25H28F6N2O8S2/c1-3-16-42(34,35)40-32-22(24(26,27)28)18-6-10-20(11-7-18)38-14-5-15-39-21-12-8-19(9-13-21)23(25(29,30)31)33-41-43(36,37)17-4-2/h6-13H,3-5,14-17H2,1-2H3/b32-22-,33-23-. The van der Waals surface area contributed by atoms with Crippen LogP contribution in [0.1, 0.15) is 44.2 Å². The third-order valence-corrected chi connectivity index (χ3v) is 7.43. The molecule has 0 spiro atoms. The summed E-state index contributed by atoms with van der Waals surface area (Å²) in [6.07, 6.45) is -9.45. The second kappa shape index (κ2) is 15.3. The van der Waals surface area contributed by atoms with E-state index in [4.69, 9.17) is 9.47 Å². The molecule has 240 valence electrons. The summed E-state index contributed by atoms with van der Waals surface area (Å²) in [4.78, 5) is 0. The van der Waals surface area contributed by atoms with Crippen LogP contribution in [0.25, 0.3) is 0 Å². The van der Waals surface area contributed by atoms with Crippen molar-refractivity contribution in [3.05, 3.63) is 59.7 Å². The molecule has 0 aliphatic carbocycles. The lowest BCUT2D eigenvalue weighted by molar-refractivity contribution is -0.0606. The Bertz CT molecular complexity index is 1350. The number of ether oxygens (including phenoxy) is 2. The Morgan fingerprint density at radius 2 is 0.953 bits per heavy atom. The van der Waals surface area contributed by atoms with Crippen LogP contribution < -0.4 is 9.47 Å². The molecule has 2 rings (SSSR count). The molecule has 0 unspecified atom stereocenters. The summed E-state index contributed by atoms with van der Waals surface area (Å²) < 4.78 is 146. The van der Waals surface area contributed by atoms with Gasteiger partial charge in [-0.15, -0.1) is 0 Å². The number of rotatable bonds is 16. The molecule has 0 fully saturated rings. The average Bonchev–Trinajstić information content (AvgIpc) is 2.88. The van der Waals surface area contributed by atoms with Crippen LogP contribution in [0.4, 0.5) is 26.3 Å². The normalized spacial score (nSPS) is 13.5. The first-order valence-corrected chi connectivity index (χ1v) is 15.7. The van der Waals surface area contributed by atoms with Crippen molar-refractivity contribution in [2.45, 2.75) is 45.5 Å². The zero-order chi connectivity index (χ0) is 32.3. The fraction of sp³-hybridized carbons (Fsp3) is 0.440. The lowest BCUT2D eigenvalue weighted by Gasteiger charge is -2.12. The van der Waals surface area contributed by atoms with E-state index in [2.05, 4.69) is 18.9 Å². The molecule has 0 saturated carbocycles. The molecule has 0 N–H and O–H groups in total. The summed E-state index contributed by atoms with van der Waals surface area (Å²) in [5, 5.41) is 5.61. The molecule has 2 aromatic rings. The largest absolute Gasteiger partial charge is 0.493 e. The second-order valence-corrected chi connectivity index (χ2v) is 12.0. The topological polar surface area (TPSA) is 130 Å². The van der Waals surface area contributed by atoms with Gasteiger partial charge in [-0.3, -0.25) is 8.57 Å². The Balaban J connectivity index is 1.93. The van der Waals surface area contributed by atoms with Crippen molar-refractivity contribution in [3.8, 4) is 11.5 Å². The molecule has 0 heterocycles. The maximum absolute atomic E-state index is 13.4. The Morgan fingerprint density at radius 3 is 1.23 bits per heavy atom. The predicted octanol–water partition coefficient (Wildman–Crippen LogP) is 5.58. The van der Waals surface area contributed by atoms with Gasteiger partial charge in [0.1, 0.15) is 11.5 Å². The summed E-state index contributed by atoms with van der Waals surface area (Å²) in [6.45, 7) is 3.14. The van der Waals surface area contributed by atoms with Crippen LogP contribution in [-0.2, 0) is 28.8 Å². The highest BCUT2D eigenvalue weighted by Gasteiger charge is 2.39. The molecule has 10 nitrogen and oxygen atoms in total. The van der Waals surface area contributed by atoms with Gasteiger partial charge in [0.15, 0.2) is 11.4 Å². The highest BCUT2D eigenvalue weighted by Crippen LogP contribution is 2.26. The zero-order valence-corrected chi connectivity index (χ0v) is 24.4. The molecule has 0 aromatic heterocycles. The summed E-state index contributed by atoms with van der Waals surface area (Å²) in [5.41, 5.74) is -3.99.